The van der Waals surface area contributed by atoms with Crippen LogP contribution in [0.25, 0.3) is 0 Å². The summed E-state index contributed by atoms with van der Waals surface area (Å²) in [7, 11) is 0. The van der Waals surface area contributed by atoms with Gasteiger partial charge in [-0.2, -0.15) is 0 Å². The van der Waals surface area contributed by atoms with Crippen molar-refractivity contribution in [1.29, 1.82) is 0 Å². The zero-order valence-electron chi connectivity index (χ0n) is 15.9. The third kappa shape index (κ3) is 5.68. The molecular formula is C19H24N4O3S. The average Bonchev–Trinajstić information content (AvgIpc) is 2.62. The fraction of sp³-hybridized carbons (Fsp3) is 0.368. The third-order valence-electron chi connectivity index (χ3n) is 4.00. The number of aryl methyl sites for hydroxylation is 2. The van der Waals surface area contributed by atoms with Crippen molar-refractivity contribution < 1.29 is 9.59 Å². The van der Waals surface area contributed by atoms with Crippen molar-refractivity contribution in [3.63, 3.8) is 0 Å². The first-order chi connectivity index (χ1) is 12.8. The van der Waals surface area contributed by atoms with E-state index in [1.165, 1.54) is 11.8 Å². The Morgan fingerprint density at radius 1 is 1.15 bits per heavy atom. The maximum atomic E-state index is 12.2. The second kappa shape index (κ2) is 9.36. The van der Waals surface area contributed by atoms with Crippen molar-refractivity contribution >= 4 is 35.0 Å². The summed E-state index contributed by atoms with van der Waals surface area (Å²) >= 11 is 1.18. The SMILES string of the molecule is CCC(=O)Nc1ccc(NC(=O)CSc2nc(C)c(CC)c(=O)[nH]2)cc1C. The highest BCUT2D eigenvalue weighted by atomic mass is 32.2. The zero-order valence-corrected chi connectivity index (χ0v) is 16.8. The van der Waals surface area contributed by atoms with Gasteiger partial charge in [0.1, 0.15) is 0 Å². The molecule has 1 aromatic heterocycles. The van der Waals surface area contributed by atoms with Crippen LogP contribution in [0, 0.1) is 13.8 Å². The van der Waals surface area contributed by atoms with Crippen LogP contribution in [0.1, 0.15) is 37.1 Å². The van der Waals surface area contributed by atoms with Gasteiger partial charge in [-0.3, -0.25) is 14.4 Å². The molecule has 0 saturated carbocycles. The van der Waals surface area contributed by atoms with E-state index < -0.39 is 0 Å². The van der Waals surface area contributed by atoms with E-state index >= 15 is 0 Å². The highest BCUT2D eigenvalue weighted by Crippen LogP contribution is 2.20. The molecule has 0 bridgehead atoms. The standard InChI is InChI=1S/C19H24N4O3S/c1-5-14-12(4)20-19(23-18(14)26)27-10-17(25)21-13-7-8-15(11(3)9-13)22-16(24)6-2/h7-9H,5-6,10H2,1-4H3,(H,21,25)(H,22,24)(H,20,23,26). The first-order valence-corrected chi connectivity index (χ1v) is 9.75. The number of nitrogens with one attached hydrogen (secondary N) is 3. The number of nitrogens with zero attached hydrogens (tertiary/aromatic N) is 1. The molecule has 0 aliphatic rings. The van der Waals surface area contributed by atoms with Crippen LogP contribution in [0.15, 0.2) is 28.2 Å². The van der Waals surface area contributed by atoms with E-state index in [0.29, 0.717) is 34.9 Å². The number of thioether (sulfide) groups is 1. The van der Waals surface area contributed by atoms with Crippen molar-refractivity contribution in [3.05, 3.63) is 45.4 Å². The van der Waals surface area contributed by atoms with E-state index in [2.05, 4.69) is 20.6 Å². The van der Waals surface area contributed by atoms with Crippen LogP contribution in [-0.4, -0.2) is 27.5 Å². The van der Waals surface area contributed by atoms with Gasteiger partial charge in [-0.05, 0) is 44.0 Å². The quantitative estimate of drug-likeness (QED) is 0.500. The second-order valence-corrected chi connectivity index (χ2v) is 7.02. The number of rotatable bonds is 7. The Hall–Kier alpha value is -2.61. The van der Waals surface area contributed by atoms with Gasteiger partial charge in [0, 0.05) is 29.1 Å². The van der Waals surface area contributed by atoms with E-state index in [9.17, 15) is 14.4 Å². The highest BCUT2D eigenvalue weighted by Gasteiger charge is 2.10. The van der Waals surface area contributed by atoms with E-state index in [-0.39, 0.29) is 23.1 Å². The van der Waals surface area contributed by atoms with Gasteiger partial charge >= 0.3 is 0 Å². The van der Waals surface area contributed by atoms with Crippen LogP contribution in [0.3, 0.4) is 0 Å². The van der Waals surface area contributed by atoms with Crippen molar-refractivity contribution in [2.45, 2.75) is 45.7 Å². The molecule has 0 spiro atoms. The van der Waals surface area contributed by atoms with Crippen LogP contribution in [-0.2, 0) is 16.0 Å². The molecule has 1 heterocycles. The number of H-pyrrole nitrogens is 1. The Bertz CT molecular complexity index is 908. The Kier molecular flexibility index (Phi) is 7.18. The molecule has 8 heteroatoms. The molecule has 2 amide bonds. The molecule has 2 aromatic rings. The predicted octanol–water partition coefficient (Wildman–Crippen LogP) is 3.03. The van der Waals surface area contributed by atoms with Gasteiger partial charge in [0.15, 0.2) is 5.16 Å². The first kappa shape index (κ1) is 20.7. The second-order valence-electron chi connectivity index (χ2n) is 6.06. The maximum absolute atomic E-state index is 12.2. The van der Waals surface area contributed by atoms with Gasteiger partial charge in [-0.25, -0.2) is 4.98 Å². The predicted molar refractivity (Wildman–Crippen MR) is 108 cm³/mol. The first-order valence-electron chi connectivity index (χ1n) is 8.77. The Morgan fingerprint density at radius 2 is 1.89 bits per heavy atom. The van der Waals surface area contributed by atoms with E-state index in [1.54, 1.807) is 32.0 Å². The van der Waals surface area contributed by atoms with Gasteiger partial charge in [0.25, 0.3) is 5.56 Å². The number of hydrogen-bond acceptors (Lipinski definition) is 5. The molecule has 0 saturated heterocycles. The number of benzene rings is 1. The molecule has 1 aromatic carbocycles. The van der Waals surface area contributed by atoms with Crippen molar-refractivity contribution in [2.24, 2.45) is 0 Å². The van der Waals surface area contributed by atoms with Crippen LogP contribution in [0.5, 0.6) is 0 Å². The number of carbonyl (C=O) groups is 2. The number of carbonyl (C=O) groups excluding carboxylic acids is 2. The molecule has 0 unspecified atom stereocenters. The summed E-state index contributed by atoms with van der Waals surface area (Å²) < 4.78 is 0. The minimum atomic E-state index is -0.204. The lowest BCUT2D eigenvalue weighted by Crippen LogP contribution is -2.18. The third-order valence-corrected chi connectivity index (χ3v) is 4.87. The monoisotopic (exact) mass is 388 g/mol. The van der Waals surface area contributed by atoms with Gasteiger partial charge in [-0.15, -0.1) is 0 Å². The van der Waals surface area contributed by atoms with E-state index in [0.717, 1.165) is 11.3 Å². The molecular weight excluding hydrogens is 364 g/mol. The van der Waals surface area contributed by atoms with Gasteiger partial charge < -0.3 is 15.6 Å². The van der Waals surface area contributed by atoms with E-state index in [1.807, 2.05) is 13.8 Å². The van der Waals surface area contributed by atoms with Crippen LogP contribution in [0.4, 0.5) is 11.4 Å². The number of aromatic amines is 1. The molecule has 0 atom stereocenters. The molecule has 144 valence electrons. The molecule has 0 aliphatic heterocycles. The molecule has 2 rings (SSSR count). The normalized spacial score (nSPS) is 10.5. The zero-order chi connectivity index (χ0) is 20.0. The lowest BCUT2D eigenvalue weighted by molar-refractivity contribution is -0.116. The minimum absolute atomic E-state index is 0.0582. The summed E-state index contributed by atoms with van der Waals surface area (Å²) in [6.45, 7) is 7.35. The number of amides is 2. The number of hydrogen-bond donors (Lipinski definition) is 3. The fourth-order valence-electron chi connectivity index (χ4n) is 2.52. The largest absolute Gasteiger partial charge is 0.326 e. The summed E-state index contributed by atoms with van der Waals surface area (Å²) in [5.41, 5.74) is 3.42. The van der Waals surface area contributed by atoms with Crippen LogP contribution < -0.4 is 16.2 Å². The number of anilines is 2. The summed E-state index contributed by atoms with van der Waals surface area (Å²) in [6.07, 6.45) is 1.03. The lowest BCUT2D eigenvalue weighted by atomic mass is 10.1. The van der Waals surface area contributed by atoms with Gasteiger partial charge in [0.05, 0.1) is 5.75 Å². The summed E-state index contributed by atoms with van der Waals surface area (Å²) in [5, 5.41) is 6.05. The van der Waals surface area contributed by atoms with Crippen LogP contribution in [0.2, 0.25) is 0 Å². The molecule has 0 radical (unpaired) electrons. The summed E-state index contributed by atoms with van der Waals surface area (Å²) in [6, 6.07) is 5.30. The van der Waals surface area contributed by atoms with Crippen molar-refractivity contribution in [3.8, 4) is 0 Å². The average molecular weight is 388 g/mol. The smallest absolute Gasteiger partial charge is 0.254 e. The Labute approximate surface area is 162 Å². The fourth-order valence-corrected chi connectivity index (χ4v) is 3.23. The molecule has 7 nitrogen and oxygen atoms in total. The Morgan fingerprint density at radius 3 is 2.48 bits per heavy atom. The van der Waals surface area contributed by atoms with Gasteiger partial charge in [-0.1, -0.05) is 25.6 Å². The molecule has 27 heavy (non-hydrogen) atoms. The maximum Gasteiger partial charge on any atom is 0.254 e. The van der Waals surface area contributed by atoms with E-state index in [4.69, 9.17) is 0 Å². The van der Waals surface area contributed by atoms with Crippen molar-refractivity contribution in [1.82, 2.24) is 9.97 Å². The van der Waals surface area contributed by atoms with Crippen LogP contribution >= 0.6 is 11.8 Å². The molecule has 3 N–H and O–H groups in total. The topological polar surface area (TPSA) is 104 Å². The Balaban J connectivity index is 1.97. The lowest BCUT2D eigenvalue weighted by Gasteiger charge is -2.11. The number of aromatic nitrogens is 2. The van der Waals surface area contributed by atoms with Gasteiger partial charge in [0.2, 0.25) is 11.8 Å². The van der Waals surface area contributed by atoms with Crippen molar-refractivity contribution in [2.75, 3.05) is 16.4 Å². The summed E-state index contributed by atoms with van der Waals surface area (Å²) in [5.74, 6) is -0.136. The molecule has 0 fully saturated rings. The molecule has 0 aliphatic carbocycles. The summed E-state index contributed by atoms with van der Waals surface area (Å²) in [4.78, 5) is 42.7. The highest BCUT2D eigenvalue weighted by molar-refractivity contribution is 7.99. The minimum Gasteiger partial charge on any atom is -0.326 e.